The van der Waals surface area contributed by atoms with Gasteiger partial charge in [0.15, 0.2) is 17.7 Å². The third-order valence-electron chi connectivity index (χ3n) is 7.09. The minimum absolute atomic E-state index is 0.0276. The first-order valence-corrected chi connectivity index (χ1v) is 21.4. The standard InChI is InChI=1S/C25H39ClN7O17P3S/c1-25(2,20(37)23(38)29-7-5-15(34)28-8-9-54-16(35)4-3-6-26)11-47-53(44,45)50-52(42,43)46-10-14-19(49-51(39,40)41)18(36)24(48-14)33-13-32-17-21(27)30-12-31-22(17)33/h3-4,12-14,18-20,24,36-37H,5-11H2,1-2H3,(H,28,34)(H,29,38)(H,42,43)(H,44,45)(H2,27,30,31)(H2,39,40,41)/t14-,18-,19-,20+,24-/m1/s1. The number of hydrogen-bond donors (Lipinski definition) is 9. The summed E-state index contributed by atoms with van der Waals surface area (Å²) in [6, 6.07) is 0. The first kappa shape index (κ1) is 46.0. The molecule has 3 rings (SSSR count). The second-order valence-corrected chi connectivity index (χ2v) is 17.4. The van der Waals surface area contributed by atoms with Crippen LogP contribution in [0.1, 0.15) is 26.5 Å². The monoisotopic (exact) mass is 869 g/mol. The normalized spacial score (nSPS) is 22.2. The van der Waals surface area contributed by atoms with Crippen LogP contribution in [0.15, 0.2) is 24.8 Å². The Kier molecular flexibility index (Phi) is 16.7. The topological polar surface area (TPSA) is 364 Å². The SMILES string of the molecule is CC(C)(COP(=O)(O)OP(=O)(O)OC[C@H]1O[C@@H](n2cnc3c(N)ncnc32)[C@H](O)[C@@H]1OP(=O)(O)O)[C@@H](O)C(=O)NCCC(=O)NCCSC(=O)C=CCCl. The molecule has 29 heteroatoms. The van der Waals surface area contributed by atoms with Crippen LogP contribution in [0, 0.1) is 5.41 Å². The molecule has 0 spiro atoms. The molecule has 3 heterocycles. The third kappa shape index (κ3) is 14.0. The summed E-state index contributed by atoms with van der Waals surface area (Å²) < 4.78 is 61.9. The number of halogens is 1. The van der Waals surface area contributed by atoms with E-state index in [2.05, 4.69) is 34.4 Å². The van der Waals surface area contributed by atoms with Gasteiger partial charge in [-0.05, 0) is 6.08 Å². The van der Waals surface area contributed by atoms with Crippen molar-refractivity contribution in [1.29, 1.82) is 0 Å². The lowest BCUT2D eigenvalue weighted by Gasteiger charge is -2.30. The Balaban J connectivity index is 1.51. The van der Waals surface area contributed by atoms with Crippen LogP contribution in [0.3, 0.4) is 0 Å². The molecule has 0 aromatic carbocycles. The van der Waals surface area contributed by atoms with Gasteiger partial charge in [-0.2, -0.15) is 4.31 Å². The summed E-state index contributed by atoms with van der Waals surface area (Å²) in [6.07, 6.45) is -4.17. The average Bonchev–Trinajstić information content (AvgIpc) is 3.63. The van der Waals surface area contributed by atoms with E-state index in [-0.39, 0.29) is 47.5 Å². The maximum atomic E-state index is 12.6. The number of carbonyl (C=O) groups excluding carboxylic acids is 3. The number of nitrogens with zero attached hydrogens (tertiary/aromatic N) is 4. The molecule has 1 fully saturated rings. The number of nitrogen functional groups attached to an aromatic ring is 1. The van der Waals surface area contributed by atoms with Crippen LogP contribution in [0.2, 0.25) is 0 Å². The van der Waals surface area contributed by atoms with Crippen molar-refractivity contribution >= 4 is 80.7 Å². The van der Waals surface area contributed by atoms with E-state index in [0.717, 1.165) is 29.0 Å². The van der Waals surface area contributed by atoms with Crippen LogP contribution < -0.4 is 16.4 Å². The van der Waals surface area contributed by atoms with Gasteiger partial charge in [0, 0.05) is 36.6 Å². The zero-order valence-corrected chi connectivity index (χ0v) is 32.6. The number of rotatable bonds is 21. The molecule has 0 radical (unpaired) electrons. The van der Waals surface area contributed by atoms with E-state index in [0.29, 0.717) is 5.75 Å². The molecular weight excluding hydrogens is 831 g/mol. The fraction of sp³-hybridized carbons (Fsp3) is 0.600. The summed E-state index contributed by atoms with van der Waals surface area (Å²) >= 11 is 6.42. The Hall–Kier alpha value is -2.41. The number of phosphoric ester groups is 3. The number of fused-ring (bicyclic) bond motifs is 1. The van der Waals surface area contributed by atoms with Crippen molar-refractivity contribution < 1.29 is 80.5 Å². The number of nitrogens with one attached hydrogen (secondary N) is 2. The zero-order valence-electron chi connectivity index (χ0n) is 28.3. The number of aromatic nitrogens is 4. The van der Waals surface area contributed by atoms with Gasteiger partial charge in [0.25, 0.3) is 0 Å². The van der Waals surface area contributed by atoms with Crippen LogP contribution in [-0.4, -0.2) is 129 Å². The first-order valence-electron chi connectivity index (χ1n) is 15.3. The summed E-state index contributed by atoms with van der Waals surface area (Å²) in [5.41, 5.74) is 4.24. The zero-order chi connectivity index (χ0) is 40.5. The minimum atomic E-state index is -5.57. The lowest BCUT2D eigenvalue weighted by atomic mass is 9.87. The number of amides is 2. The minimum Gasteiger partial charge on any atom is -0.386 e. The molecule has 2 aromatic heterocycles. The number of allylic oxidation sites excluding steroid dienone is 1. The fourth-order valence-corrected chi connectivity index (χ4v) is 7.99. The number of imidazole rings is 1. The molecule has 10 N–H and O–H groups in total. The number of alkyl halides is 1. The summed E-state index contributed by atoms with van der Waals surface area (Å²) in [5.74, 6) is -1.02. The molecule has 0 bridgehead atoms. The second kappa shape index (κ2) is 19.6. The van der Waals surface area contributed by atoms with Crippen molar-refractivity contribution in [2.45, 2.75) is 50.9 Å². The molecule has 1 aliphatic heterocycles. The molecule has 0 aliphatic carbocycles. The number of phosphoric acid groups is 3. The van der Waals surface area contributed by atoms with Crippen molar-refractivity contribution in [3.8, 4) is 0 Å². The summed E-state index contributed by atoms with van der Waals surface area (Å²) in [6.45, 7) is 0.412. The maximum absolute atomic E-state index is 12.6. The van der Waals surface area contributed by atoms with Crippen LogP contribution in [0.5, 0.6) is 0 Å². The van der Waals surface area contributed by atoms with Crippen LogP contribution in [0.4, 0.5) is 5.82 Å². The molecule has 2 amide bonds. The van der Waals surface area contributed by atoms with E-state index in [1.165, 1.54) is 26.0 Å². The van der Waals surface area contributed by atoms with E-state index in [1.807, 2.05) is 0 Å². The van der Waals surface area contributed by atoms with Crippen molar-refractivity contribution in [2.75, 3.05) is 43.7 Å². The molecule has 1 saturated heterocycles. The molecule has 7 atom stereocenters. The molecule has 2 unspecified atom stereocenters. The number of nitrogens with two attached hydrogens (primary N) is 1. The molecule has 1 aliphatic rings. The predicted octanol–water partition coefficient (Wildman–Crippen LogP) is -0.540. The summed E-state index contributed by atoms with van der Waals surface area (Å²) in [7, 11) is -16.4. The van der Waals surface area contributed by atoms with Gasteiger partial charge in [-0.15, -0.1) is 11.6 Å². The molecule has 304 valence electrons. The van der Waals surface area contributed by atoms with Gasteiger partial charge in [0.1, 0.15) is 36.3 Å². The Morgan fingerprint density at radius 2 is 1.80 bits per heavy atom. The fourth-order valence-electron chi connectivity index (χ4n) is 4.47. The lowest BCUT2D eigenvalue weighted by molar-refractivity contribution is -0.137. The highest BCUT2D eigenvalue weighted by molar-refractivity contribution is 8.14. The van der Waals surface area contributed by atoms with Gasteiger partial charge in [-0.3, -0.25) is 32.5 Å². The number of aliphatic hydroxyl groups excluding tert-OH is 2. The summed E-state index contributed by atoms with van der Waals surface area (Å²) in [5, 5.41) is 26.0. The highest BCUT2D eigenvalue weighted by Gasteiger charge is 2.50. The largest absolute Gasteiger partial charge is 0.481 e. The molecule has 0 saturated carbocycles. The lowest BCUT2D eigenvalue weighted by Crippen LogP contribution is -2.46. The number of ether oxygens (including phenoxy) is 1. The van der Waals surface area contributed by atoms with Crippen molar-refractivity contribution in [3.05, 3.63) is 24.8 Å². The Morgan fingerprint density at radius 1 is 1.11 bits per heavy atom. The second-order valence-electron chi connectivity index (χ2n) is 11.8. The van der Waals surface area contributed by atoms with Gasteiger partial charge in [-0.25, -0.2) is 28.6 Å². The molecule has 54 heavy (non-hydrogen) atoms. The van der Waals surface area contributed by atoms with Crippen molar-refractivity contribution in [3.63, 3.8) is 0 Å². The highest BCUT2D eigenvalue weighted by Crippen LogP contribution is 2.61. The Labute approximate surface area is 315 Å². The third-order valence-corrected chi connectivity index (χ3v) is 11.2. The quantitative estimate of drug-likeness (QED) is 0.0329. The smallest absolute Gasteiger partial charge is 0.386 e. The van der Waals surface area contributed by atoms with E-state index in [1.54, 1.807) is 0 Å². The molecule has 24 nitrogen and oxygen atoms in total. The van der Waals surface area contributed by atoms with Gasteiger partial charge < -0.3 is 50.9 Å². The van der Waals surface area contributed by atoms with Gasteiger partial charge >= 0.3 is 23.5 Å². The predicted molar refractivity (Wildman–Crippen MR) is 187 cm³/mol. The van der Waals surface area contributed by atoms with E-state index >= 15 is 0 Å². The summed E-state index contributed by atoms with van der Waals surface area (Å²) in [4.78, 5) is 86.8. The maximum Gasteiger partial charge on any atom is 0.481 e. The molecule has 2 aromatic rings. The van der Waals surface area contributed by atoms with Crippen molar-refractivity contribution in [1.82, 2.24) is 30.2 Å². The first-order chi connectivity index (χ1) is 25.1. The van der Waals surface area contributed by atoms with Crippen LogP contribution in [-0.2, 0) is 50.7 Å². The number of thioether (sulfide) groups is 1. The van der Waals surface area contributed by atoms with Gasteiger partial charge in [-0.1, -0.05) is 31.7 Å². The highest BCUT2D eigenvalue weighted by atomic mass is 35.5. The number of hydrogen-bond acceptors (Lipinski definition) is 18. The van der Waals surface area contributed by atoms with Gasteiger partial charge in [0.05, 0.1) is 19.5 Å². The van der Waals surface area contributed by atoms with Crippen LogP contribution in [0.25, 0.3) is 11.2 Å². The van der Waals surface area contributed by atoms with E-state index < -0.39 is 84.6 Å². The average molecular weight is 870 g/mol. The van der Waals surface area contributed by atoms with Crippen LogP contribution >= 0.6 is 46.8 Å². The molecular formula is C25H39ClN7O17P3S. The van der Waals surface area contributed by atoms with E-state index in [4.69, 9.17) is 31.1 Å². The number of carbonyl (C=O) groups is 3. The van der Waals surface area contributed by atoms with Crippen molar-refractivity contribution in [2.24, 2.45) is 5.41 Å². The van der Waals surface area contributed by atoms with Gasteiger partial charge in [0.2, 0.25) is 16.9 Å². The number of anilines is 1. The van der Waals surface area contributed by atoms with E-state index in [9.17, 15) is 57.9 Å². The Morgan fingerprint density at radius 3 is 2.46 bits per heavy atom. The Bertz CT molecular complexity index is 1820. The number of aliphatic hydroxyl groups is 2.